The fourth-order valence-electron chi connectivity index (χ4n) is 1.94. The van der Waals surface area contributed by atoms with Crippen molar-refractivity contribution in [3.05, 3.63) is 47.2 Å². The van der Waals surface area contributed by atoms with Gasteiger partial charge >= 0.3 is 0 Å². The SMILES string of the molecule is Cn1nccc1CCC(COc1cccc(Cl)c1)NN. The minimum absolute atomic E-state index is 0.0730. The van der Waals surface area contributed by atoms with Crippen LogP contribution in [0.2, 0.25) is 5.02 Å². The molecule has 1 atom stereocenters. The molecule has 1 heterocycles. The van der Waals surface area contributed by atoms with E-state index >= 15 is 0 Å². The number of hydrogen-bond donors (Lipinski definition) is 2. The topological polar surface area (TPSA) is 65.1 Å². The highest BCUT2D eigenvalue weighted by atomic mass is 35.5. The van der Waals surface area contributed by atoms with Crippen LogP contribution in [0, 0.1) is 0 Å². The van der Waals surface area contributed by atoms with Crippen LogP contribution >= 0.6 is 11.6 Å². The van der Waals surface area contributed by atoms with Gasteiger partial charge in [0.2, 0.25) is 0 Å². The Labute approximate surface area is 123 Å². The maximum atomic E-state index is 5.91. The summed E-state index contributed by atoms with van der Waals surface area (Å²) in [6.45, 7) is 0.495. The van der Waals surface area contributed by atoms with Gasteiger partial charge in [0.15, 0.2) is 0 Å². The molecule has 0 bridgehead atoms. The molecule has 0 saturated heterocycles. The molecule has 108 valence electrons. The molecule has 0 aliphatic carbocycles. The number of halogens is 1. The maximum Gasteiger partial charge on any atom is 0.120 e. The van der Waals surface area contributed by atoms with Crippen molar-refractivity contribution in [2.45, 2.75) is 18.9 Å². The molecule has 2 rings (SSSR count). The highest BCUT2D eigenvalue weighted by molar-refractivity contribution is 6.30. The molecular formula is C14H19ClN4O. The van der Waals surface area contributed by atoms with E-state index in [1.165, 1.54) is 5.69 Å². The first-order valence-electron chi connectivity index (χ1n) is 6.50. The molecule has 0 saturated carbocycles. The number of nitrogens with two attached hydrogens (primary N) is 1. The van der Waals surface area contributed by atoms with Crippen LogP contribution < -0.4 is 16.0 Å². The molecule has 2 aromatic rings. The Balaban J connectivity index is 1.82. The predicted molar refractivity (Wildman–Crippen MR) is 79.6 cm³/mol. The average molecular weight is 295 g/mol. The molecule has 5 nitrogen and oxygen atoms in total. The first-order valence-corrected chi connectivity index (χ1v) is 6.88. The van der Waals surface area contributed by atoms with Gasteiger partial charge in [-0.05, 0) is 37.1 Å². The number of benzene rings is 1. The van der Waals surface area contributed by atoms with Crippen LogP contribution in [0.5, 0.6) is 5.75 Å². The number of hydrogen-bond acceptors (Lipinski definition) is 4. The molecule has 0 aliphatic heterocycles. The summed E-state index contributed by atoms with van der Waals surface area (Å²) in [5.74, 6) is 6.31. The summed E-state index contributed by atoms with van der Waals surface area (Å²) >= 11 is 5.91. The Morgan fingerprint density at radius 3 is 2.95 bits per heavy atom. The van der Waals surface area contributed by atoms with Crippen molar-refractivity contribution in [1.82, 2.24) is 15.2 Å². The summed E-state index contributed by atoms with van der Waals surface area (Å²) in [4.78, 5) is 0. The molecule has 1 unspecified atom stereocenters. The molecule has 3 N–H and O–H groups in total. The van der Waals surface area contributed by atoms with Gasteiger partial charge in [0.1, 0.15) is 12.4 Å². The molecule has 0 amide bonds. The van der Waals surface area contributed by atoms with Crippen molar-refractivity contribution in [2.24, 2.45) is 12.9 Å². The zero-order chi connectivity index (χ0) is 14.4. The van der Waals surface area contributed by atoms with Crippen molar-refractivity contribution in [3.63, 3.8) is 0 Å². The van der Waals surface area contributed by atoms with Gasteiger partial charge in [-0.25, -0.2) is 0 Å². The van der Waals surface area contributed by atoms with Gasteiger partial charge in [-0.15, -0.1) is 0 Å². The first kappa shape index (κ1) is 14.8. The van der Waals surface area contributed by atoms with E-state index in [0.717, 1.165) is 18.6 Å². The van der Waals surface area contributed by atoms with Crippen LogP contribution in [-0.4, -0.2) is 22.4 Å². The van der Waals surface area contributed by atoms with Gasteiger partial charge in [-0.1, -0.05) is 17.7 Å². The molecule has 0 radical (unpaired) electrons. The predicted octanol–water partition coefficient (Wildman–Crippen LogP) is 1.92. The van der Waals surface area contributed by atoms with Crippen LogP contribution in [0.25, 0.3) is 0 Å². The maximum absolute atomic E-state index is 5.91. The van der Waals surface area contributed by atoms with Crippen LogP contribution in [0.1, 0.15) is 12.1 Å². The minimum Gasteiger partial charge on any atom is -0.492 e. The van der Waals surface area contributed by atoms with Crippen LogP contribution in [0.15, 0.2) is 36.5 Å². The number of ether oxygens (including phenoxy) is 1. The summed E-state index contributed by atoms with van der Waals surface area (Å²) in [6, 6.07) is 9.42. The second-order valence-corrected chi connectivity index (χ2v) is 5.05. The number of hydrazine groups is 1. The lowest BCUT2D eigenvalue weighted by molar-refractivity contribution is 0.257. The van der Waals surface area contributed by atoms with E-state index in [1.54, 1.807) is 12.3 Å². The lowest BCUT2D eigenvalue weighted by Crippen LogP contribution is -2.40. The lowest BCUT2D eigenvalue weighted by atomic mass is 10.1. The van der Waals surface area contributed by atoms with Gasteiger partial charge in [0.05, 0.1) is 6.04 Å². The third-order valence-electron chi connectivity index (χ3n) is 3.15. The van der Waals surface area contributed by atoms with Crippen molar-refractivity contribution in [1.29, 1.82) is 0 Å². The smallest absolute Gasteiger partial charge is 0.120 e. The fourth-order valence-corrected chi connectivity index (χ4v) is 2.12. The van der Waals surface area contributed by atoms with E-state index in [4.69, 9.17) is 22.2 Å². The molecule has 0 spiro atoms. The molecule has 0 fully saturated rings. The van der Waals surface area contributed by atoms with Crippen LogP contribution in [-0.2, 0) is 13.5 Å². The van der Waals surface area contributed by atoms with Crippen LogP contribution in [0.4, 0.5) is 0 Å². The number of nitrogens with one attached hydrogen (secondary N) is 1. The zero-order valence-corrected chi connectivity index (χ0v) is 12.2. The van der Waals surface area contributed by atoms with Gasteiger partial charge in [0, 0.05) is 24.0 Å². The number of aromatic nitrogens is 2. The highest BCUT2D eigenvalue weighted by Gasteiger charge is 2.09. The Hall–Kier alpha value is -1.56. The van der Waals surface area contributed by atoms with Gasteiger partial charge < -0.3 is 4.74 Å². The number of nitrogens with zero attached hydrogens (tertiary/aromatic N) is 2. The van der Waals surface area contributed by atoms with E-state index in [-0.39, 0.29) is 6.04 Å². The highest BCUT2D eigenvalue weighted by Crippen LogP contribution is 2.17. The van der Waals surface area contributed by atoms with E-state index in [0.29, 0.717) is 11.6 Å². The van der Waals surface area contributed by atoms with E-state index < -0.39 is 0 Å². The summed E-state index contributed by atoms with van der Waals surface area (Å²) in [6.07, 6.45) is 3.56. The molecule has 0 aliphatic rings. The Kier molecular flexibility index (Phi) is 5.40. The number of rotatable bonds is 7. The largest absolute Gasteiger partial charge is 0.492 e. The van der Waals surface area contributed by atoms with Crippen molar-refractivity contribution >= 4 is 11.6 Å². The summed E-state index contributed by atoms with van der Waals surface area (Å²) in [7, 11) is 1.93. The van der Waals surface area contributed by atoms with Crippen molar-refractivity contribution in [2.75, 3.05) is 6.61 Å². The third kappa shape index (κ3) is 4.23. The normalized spacial score (nSPS) is 12.3. The molecular weight excluding hydrogens is 276 g/mol. The van der Waals surface area contributed by atoms with Gasteiger partial charge in [-0.3, -0.25) is 16.0 Å². The van der Waals surface area contributed by atoms with Crippen molar-refractivity contribution in [3.8, 4) is 5.75 Å². The second kappa shape index (κ2) is 7.28. The zero-order valence-electron chi connectivity index (χ0n) is 11.4. The Morgan fingerprint density at radius 2 is 2.30 bits per heavy atom. The molecule has 20 heavy (non-hydrogen) atoms. The van der Waals surface area contributed by atoms with Gasteiger partial charge in [-0.2, -0.15) is 5.10 Å². The Bertz CT molecular complexity index is 543. The van der Waals surface area contributed by atoms with E-state index in [2.05, 4.69) is 10.5 Å². The quantitative estimate of drug-likeness (QED) is 0.605. The standard InChI is InChI=1S/C14H19ClN4O/c1-19-13(7-8-17-19)6-5-12(18-16)10-20-14-4-2-3-11(15)9-14/h2-4,7-9,12,18H,5-6,10,16H2,1H3. The molecule has 1 aromatic carbocycles. The minimum atomic E-state index is 0.0730. The second-order valence-electron chi connectivity index (χ2n) is 4.62. The van der Waals surface area contributed by atoms with E-state index in [9.17, 15) is 0 Å². The summed E-state index contributed by atoms with van der Waals surface area (Å²) < 4.78 is 7.56. The van der Waals surface area contributed by atoms with E-state index in [1.807, 2.05) is 36.0 Å². The Morgan fingerprint density at radius 1 is 1.45 bits per heavy atom. The van der Waals surface area contributed by atoms with Crippen LogP contribution in [0.3, 0.4) is 0 Å². The molecule has 6 heteroatoms. The van der Waals surface area contributed by atoms with Gasteiger partial charge in [0.25, 0.3) is 0 Å². The first-order chi connectivity index (χ1) is 9.69. The fraction of sp³-hybridized carbons (Fsp3) is 0.357. The summed E-state index contributed by atoms with van der Waals surface area (Å²) in [5, 5.41) is 4.80. The molecule has 1 aromatic heterocycles. The lowest BCUT2D eigenvalue weighted by Gasteiger charge is -2.16. The average Bonchev–Trinajstić information content (AvgIpc) is 2.85. The van der Waals surface area contributed by atoms with Crippen molar-refractivity contribution < 1.29 is 4.74 Å². The summed E-state index contributed by atoms with van der Waals surface area (Å²) in [5.41, 5.74) is 3.96. The monoisotopic (exact) mass is 294 g/mol. The number of aryl methyl sites for hydroxylation is 2. The third-order valence-corrected chi connectivity index (χ3v) is 3.39.